The molecule has 0 aliphatic carbocycles. The molecular weight excluding hydrogens is 246 g/mol. The highest BCUT2D eigenvalue weighted by atomic mass is 32.2. The maximum absolute atomic E-state index is 11.4. The van der Waals surface area contributed by atoms with Gasteiger partial charge in [-0.1, -0.05) is 0 Å². The molecular formula is C9H21N3O2S2. The third kappa shape index (κ3) is 6.05. The first-order chi connectivity index (χ1) is 7.64. The molecule has 0 bridgehead atoms. The summed E-state index contributed by atoms with van der Waals surface area (Å²) in [4.78, 5) is 2.29. The highest BCUT2D eigenvalue weighted by Gasteiger charge is 2.12. The highest BCUT2D eigenvalue weighted by Crippen LogP contribution is 2.07. The van der Waals surface area contributed by atoms with E-state index >= 15 is 0 Å². The first-order valence-corrected chi connectivity index (χ1v) is 8.42. The fourth-order valence-corrected chi connectivity index (χ4v) is 3.60. The number of nitrogens with two attached hydrogens (primary N) is 1. The maximum Gasteiger partial charge on any atom is 0.211 e. The van der Waals surface area contributed by atoms with Crippen LogP contribution < -0.4 is 10.5 Å². The summed E-state index contributed by atoms with van der Waals surface area (Å²) in [6, 6.07) is 0. The molecule has 0 radical (unpaired) electrons. The van der Waals surface area contributed by atoms with Crippen LogP contribution in [0.15, 0.2) is 0 Å². The van der Waals surface area contributed by atoms with E-state index in [4.69, 9.17) is 5.73 Å². The molecule has 96 valence electrons. The Kier molecular flexibility index (Phi) is 6.67. The van der Waals surface area contributed by atoms with E-state index in [0.717, 1.165) is 31.1 Å². The Bertz CT molecular complexity index is 276. The van der Waals surface area contributed by atoms with Crippen LogP contribution in [0.3, 0.4) is 0 Å². The van der Waals surface area contributed by atoms with Crippen LogP contribution in [-0.4, -0.2) is 63.3 Å². The van der Waals surface area contributed by atoms with Gasteiger partial charge in [0.1, 0.15) is 0 Å². The Morgan fingerprint density at radius 2 is 2.00 bits per heavy atom. The Morgan fingerprint density at radius 1 is 1.31 bits per heavy atom. The van der Waals surface area contributed by atoms with Gasteiger partial charge in [0.05, 0.1) is 5.75 Å². The second kappa shape index (κ2) is 7.50. The minimum atomic E-state index is -3.11. The largest absolute Gasteiger partial charge is 0.330 e. The fourth-order valence-electron chi connectivity index (χ4n) is 1.53. The summed E-state index contributed by atoms with van der Waals surface area (Å²) in [6.45, 7) is 3.87. The summed E-state index contributed by atoms with van der Waals surface area (Å²) in [6.07, 6.45) is 0.523. The van der Waals surface area contributed by atoms with E-state index in [2.05, 4.69) is 9.62 Å². The predicted molar refractivity (Wildman–Crippen MR) is 69.2 cm³/mol. The first kappa shape index (κ1) is 14.2. The zero-order valence-electron chi connectivity index (χ0n) is 9.52. The molecule has 0 spiro atoms. The normalized spacial score (nSPS) is 18.8. The first-order valence-electron chi connectivity index (χ1n) is 5.61. The molecule has 0 aromatic heterocycles. The summed E-state index contributed by atoms with van der Waals surface area (Å²) < 4.78 is 25.5. The molecule has 1 fully saturated rings. The smallest absolute Gasteiger partial charge is 0.211 e. The van der Waals surface area contributed by atoms with Gasteiger partial charge in [-0.05, 0) is 13.0 Å². The number of sulfonamides is 1. The number of hydrogen-bond donors (Lipinski definition) is 2. The van der Waals surface area contributed by atoms with E-state index < -0.39 is 10.0 Å². The van der Waals surface area contributed by atoms with E-state index in [1.807, 2.05) is 11.8 Å². The monoisotopic (exact) mass is 267 g/mol. The molecule has 3 N–H and O–H groups in total. The van der Waals surface area contributed by atoms with Crippen LogP contribution in [0.1, 0.15) is 6.42 Å². The average molecular weight is 267 g/mol. The number of nitrogens with one attached hydrogen (secondary N) is 1. The fraction of sp³-hybridized carbons (Fsp3) is 1.00. The van der Waals surface area contributed by atoms with Gasteiger partial charge < -0.3 is 10.6 Å². The third-order valence-electron chi connectivity index (χ3n) is 2.47. The second-order valence-electron chi connectivity index (χ2n) is 3.81. The zero-order chi connectivity index (χ0) is 11.9. The van der Waals surface area contributed by atoms with Crippen LogP contribution in [0.25, 0.3) is 0 Å². The quantitative estimate of drug-likeness (QED) is 0.638. The molecule has 0 amide bonds. The summed E-state index contributed by atoms with van der Waals surface area (Å²) >= 11 is 1.95. The molecule has 0 aromatic carbocycles. The van der Waals surface area contributed by atoms with Crippen LogP contribution in [0, 0.1) is 0 Å². The van der Waals surface area contributed by atoms with Crippen LogP contribution in [0.2, 0.25) is 0 Å². The minimum absolute atomic E-state index is 0.138. The van der Waals surface area contributed by atoms with Crippen molar-refractivity contribution in [3.8, 4) is 0 Å². The SMILES string of the molecule is NCCCS(=O)(=O)NCCN1CCSCC1. The van der Waals surface area contributed by atoms with Crippen molar-refractivity contribution < 1.29 is 8.42 Å². The summed E-state index contributed by atoms with van der Waals surface area (Å²) in [7, 11) is -3.11. The molecule has 1 heterocycles. The van der Waals surface area contributed by atoms with E-state index in [-0.39, 0.29) is 5.75 Å². The van der Waals surface area contributed by atoms with Gasteiger partial charge in [-0.2, -0.15) is 11.8 Å². The number of hydrogen-bond acceptors (Lipinski definition) is 5. The van der Waals surface area contributed by atoms with Gasteiger partial charge in [-0.25, -0.2) is 13.1 Å². The third-order valence-corrected chi connectivity index (χ3v) is 4.88. The molecule has 16 heavy (non-hydrogen) atoms. The zero-order valence-corrected chi connectivity index (χ0v) is 11.2. The van der Waals surface area contributed by atoms with Crippen molar-refractivity contribution in [3.05, 3.63) is 0 Å². The lowest BCUT2D eigenvalue weighted by atomic mass is 10.5. The van der Waals surface area contributed by atoms with Gasteiger partial charge in [0.2, 0.25) is 10.0 Å². The van der Waals surface area contributed by atoms with Crippen molar-refractivity contribution in [1.82, 2.24) is 9.62 Å². The minimum Gasteiger partial charge on any atom is -0.330 e. The standard InChI is InChI=1S/C9H21N3O2S2/c10-2-1-9-16(13,14)11-3-4-12-5-7-15-8-6-12/h11H,1-10H2. The van der Waals surface area contributed by atoms with Crippen molar-refractivity contribution in [3.63, 3.8) is 0 Å². The van der Waals surface area contributed by atoms with Crippen molar-refractivity contribution in [1.29, 1.82) is 0 Å². The summed E-state index contributed by atoms with van der Waals surface area (Å²) in [5, 5.41) is 0. The molecule has 0 saturated carbocycles. The van der Waals surface area contributed by atoms with Crippen LogP contribution in [-0.2, 0) is 10.0 Å². The lowest BCUT2D eigenvalue weighted by Gasteiger charge is -2.25. The van der Waals surface area contributed by atoms with Gasteiger partial charge in [0.25, 0.3) is 0 Å². The van der Waals surface area contributed by atoms with Gasteiger partial charge in [0, 0.05) is 37.7 Å². The highest BCUT2D eigenvalue weighted by molar-refractivity contribution is 7.99. The number of rotatable bonds is 7. The molecule has 1 saturated heterocycles. The lowest BCUT2D eigenvalue weighted by molar-refractivity contribution is 0.307. The van der Waals surface area contributed by atoms with Crippen molar-refractivity contribution in [2.75, 3.05) is 50.0 Å². The average Bonchev–Trinajstić information content (AvgIpc) is 2.28. The predicted octanol–water partition coefficient (Wildman–Crippen LogP) is -0.697. The Balaban J connectivity index is 2.13. The summed E-state index contributed by atoms with van der Waals surface area (Å²) in [5.41, 5.74) is 5.28. The second-order valence-corrected chi connectivity index (χ2v) is 6.96. The van der Waals surface area contributed by atoms with Crippen molar-refractivity contribution in [2.45, 2.75) is 6.42 Å². The Hall–Kier alpha value is 0.180. The molecule has 5 nitrogen and oxygen atoms in total. The van der Waals surface area contributed by atoms with E-state index in [1.54, 1.807) is 0 Å². The van der Waals surface area contributed by atoms with Crippen LogP contribution in [0.4, 0.5) is 0 Å². The van der Waals surface area contributed by atoms with Gasteiger partial charge >= 0.3 is 0 Å². The van der Waals surface area contributed by atoms with Gasteiger partial charge in [0.15, 0.2) is 0 Å². The van der Waals surface area contributed by atoms with Crippen LogP contribution >= 0.6 is 11.8 Å². The Labute approximate surface area is 102 Å². The van der Waals surface area contributed by atoms with Gasteiger partial charge in [-0.15, -0.1) is 0 Å². The molecule has 0 aromatic rings. The van der Waals surface area contributed by atoms with Crippen molar-refractivity contribution in [2.24, 2.45) is 5.73 Å². The topological polar surface area (TPSA) is 75.4 Å². The Morgan fingerprint density at radius 3 is 2.62 bits per heavy atom. The summed E-state index contributed by atoms with van der Waals surface area (Å²) in [5.74, 6) is 2.44. The molecule has 1 aliphatic heterocycles. The van der Waals surface area contributed by atoms with Crippen LogP contribution in [0.5, 0.6) is 0 Å². The number of nitrogens with zero attached hydrogens (tertiary/aromatic N) is 1. The van der Waals surface area contributed by atoms with E-state index in [9.17, 15) is 8.42 Å². The molecule has 1 aliphatic rings. The van der Waals surface area contributed by atoms with E-state index in [1.165, 1.54) is 0 Å². The maximum atomic E-state index is 11.4. The number of thioether (sulfide) groups is 1. The molecule has 7 heteroatoms. The molecule has 0 atom stereocenters. The molecule has 0 unspecified atom stereocenters. The van der Waals surface area contributed by atoms with Crippen molar-refractivity contribution >= 4 is 21.8 Å². The van der Waals surface area contributed by atoms with Gasteiger partial charge in [-0.3, -0.25) is 0 Å². The van der Waals surface area contributed by atoms with E-state index in [0.29, 0.717) is 19.5 Å². The molecule has 1 rings (SSSR count). The lowest BCUT2D eigenvalue weighted by Crippen LogP contribution is -2.39.